The molecule has 0 saturated carbocycles. The van der Waals surface area contributed by atoms with Crippen LogP contribution < -0.4 is 10.6 Å². The molecule has 2 aliphatic heterocycles. The van der Waals surface area contributed by atoms with Crippen LogP contribution in [-0.2, 0) is 6.42 Å². The highest BCUT2D eigenvalue weighted by atomic mass is 15.2. The lowest BCUT2D eigenvalue weighted by Gasteiger charge is -2.43. The highest BCUT2D eigenvalue weighted by Crippen LogP contribution is 2.38. The van der Waals surface area contributed by atoms with Gasteiger partial charge in [-0.2, -0.15) is 0 Å². The zero-order chi connectivity index (χ0) is 14.0. The molecule has 3 heteroatoms. The van der Waals surface area contributed by atoms with E-state index in [2.05, 4.69) is 41.0 Å². The number of likely N-dealkylation sites (tertiary alicyclic amines) is 1. The Morgan fingerprint density at radius 2 is 2.00 bits per heavy atom. The summed E-state index contributed by atoms with van der Waals surface area (Å²) in [4.78, 5) is 5.20. The Hall–Kier alpha value is -1.06. The van der Waals surface area contributed by atoms with Gasteiger partial charge in [-0.1, -0.05) is 25.1 Å². The highest BCUT2D eigenvalue weighted by molar-refractivity contribution is 5.60. The van der Waals surface area contributed by atoms with Gasteiger partial charge < -0.3 is 15.5 Å². The predicted octanol–water partition coefficient (Wildman–Crippen LogP) is 2.25. The SMILES string of the molecule is CCN1CCCC(CN)(N2CCc3ccccc32)CC1. The van der Waals surface area contributed by atoms with Crippen molar-refractivity contribution < 1.29 is 0 Å². The van der Waals surface area contributed by atoms with E-state index in [1.54, 1.807) is 0 Å². The molecule has 110 valence electrons. The van der Waals surface area contributed by atoms with Crippen LogP contribution in [0, 0.1) is 0 Å². The first-order valence-corrected chi connectivity index (χ1v) is 8.07. The van der Waals surface area contributed by atoms with Gasteiger partial charge in [0.1, 0.15) is 0 Å². The van der Waals surface area contributed by atoms with E-state index >= 15 is 0 Å². The Balaban J connectivity index is 1.86. The summed E-state index contributed by atoms with van der Waals surface area (Å²) in [5.41, 5.74) is 9.38. The molecule has 0 radical (unpaired) electrons. The van der Waals surface area contributed by atoms with E-state index < -0.39 is 0 Å². The molecule has 0 spiro atoms. The van der Waals surface area contributed by atoms with Crippen LogP contribution in [0.1, 0.15) is 31.7 Å². The lowest BCUT2D eigenvalue weighted by molar-refractivity contribution is 0.286. The minimum absolute atomic E-state index is 0.177. The van der Waals surface area contributed by atoms with Gasteiger partial charge in [-0.15, -0.1) is 0 Å². The van der Waals surface area contributed by atoms with E-state index in [-0.39, 0.29) is 5.54 Å². The first kappa shape index (κ1) is 13.9. The van der Waals surface area contributed by atoms with Gasteiger partial charge in [-0.3, -0.25) is 0 Å². The summed E-state index contributed by atoms with van der Waals surface area (Å²) in [5, 5.41) is 0. The number of anilines is 1. The van der Waals surface area contributed by atoms with Gasteiger partial charge in [0.25, 0.3) is 0 Å². The third-order valence-corrected chi connectivity index (χ3v) is 5.30. The number of benzene rings is 1. The number of rotatable bonds is 3. The average molecular weight is 273 g/mol. The molecule has 0 aromatic heterocycles. The molecule has 2 aliphatic rings. The molecule has 1 saturated heterocycles. The Labute approximate surface area is 122 Å². The number of para-hydroxylation sites is 1. The van der Waals surface area contributed by atoms with Gasteiger partial charge in [-0.05, 0) is 50.4 Å². The topological polar surface area (TPSA) is 32.5 Å². The number of fused-ring (bicyclic) bond motifs is 1. The van der Waals surface area contributed by atoms with E-state index in [1.165, 1.54) is 50.0 Å². The molecule has 1 aromatic rings. The molecule has 1 atom stereocenters. The second-order valence-electron chi connectivity index (χ2n) is 6.25. The maximum absolute atomic E-state index is 6.27. The van der Waals surface area contributed by atoms with Crippen molar-refractivity contribution in [3.63, 3.8) is 0 Å². The van der Waals surface area contributed by atoms with Gasteiger partial charge in [0.05, 0.1) is 5.54 Å². The van der Waals surface area contributed by atoms with Crippen molar-refractivity contribution in [3.8, 4) is 0 Å². The fourth-order valence-electron chi connectivity index (χ4n) is 3.97. The van der Waals surface area contributed by atoms with Crippen molar-refractivity contribution in [1.82, 2.24) is 4.90 Å². The van der Waals surface area contributed by atoms with Crippen LogP contribution in [0.15, 0.2) is 24.3 Å². The maximum Gasteiger partial charge on any atom is 0.0537 e. The van der Waals surface area contributed by atoms with Gasteiger partial charge in [-0.25, -0.2) is 0 Å². The van der Waals surface area contributed by atoms with E-state index in [4.69, 9.17) is 5.73 Å². The van der Waals surface area contributed by atoms with Crippen LogP contribution in [-0.4, -0.2) is 43.2 Å². The average Bonchev–Trinajstić information content (AvgIpc) is 2.81. The zero-order valence-corrected chi connectivity index (χ0v) is 12.6. The zero-order valence-electron chi connectivity index (χ0n) is 12.6. The van der Waals surface area contributed by atoms with Crippen LogP contribution in [0.2, 0.25) is 0 Å². The quantitative estimate of drug-likeness (QED) is 0.917. The van der Waals surface area contributed by atoms with E-state index in [9.17, 15) is 0 Å². The van der Waals surface area contributed by atoms with Crippen LogP contribution >= 0.6 is 0 Å². The molecule has 2 N–H and O–H groups in total. The maximum atomic E-state index is 6.27. The highest BCUT2D eigenvalue weighted by Gasteiger charge is 2.39. The molecule has 3 rings (SSSR count). The predicted molar refractivity (Wildman–Crippen MR) is 85.2 cm³/mol. The molecular weight excluding hydrogens is 246 g/mol. The first-order valence-electron chi connectivity index (χ1n) is 8.07. The Morgan fingerprint density at radius 3 is 2.80 bits per heavy atom. The molecule has 3 nitrogen and oxygen atoms in total. The molecule has 0 bridgehead atoms. The van der Waals surface area contributed by atoms with E-state index in [1.807, 2.05) is 0 Å². The van der Waals surface area contributed by atoms with Gasteiger partial charge in [0, 0.05) is 25.3 Å². The Kier molecular flexibility index (Phi) is 3.99. The van der Waals surface area contributed by atoms with Crippen LogP contribution in [0.4, 0.5) is 5.69 Å². The first-order chi connectivity index (χ1) is 9.79. The Morgan fingerprint density at radius 1 is 1.15 bits per heavy atom. The molecule has 1 aromatic carbocycles. The lowest BCUT2D eigenvalue weighted by Crippen LogP contribution is -2.54. The summed E-state index contributed by atoms with van der Waals surface area (Å²) in [5.74, 6) is 0. The monoisotopic (exact) mass is 273 g/mol. The molecule has 0 amide bonds. The second kappa shape index (κ2) is 5.74. The minimum Gasteiger partial charge on any atom is -0.364 e. The van der Waals surface area contributed by atoms with Gasteiger partial charge in [0.2, 0.25) is 0 Å². The molecule has 20 heavy (non-hydrogen) atoms. The van der Waals surface area contributed by atoms with E-state index in [0.717, 1.165) is 19.6 Å². The lowest BCUT2D eigenvalue weighted by atomic mass is 9.88. The summed E-state index contributed by atoms with van der Waals surface area (Å²) in [6.07, 6.45) is 4.87. The summed E-state index contributed by atoms with van der Waals surface area (Å²) in [6, 6.07) is 8.87. The van der Waals surface area contributed by atoms with Crippen LogP contribution in [0.25, 0.3) is 0 Å². The molecule has 2 heterocycles. The summed E-state index contributed by atoms with van der Waals surface area (Å²) in [7, 11) is 0. The van der Waals surface area contributed by atoms with Crippen LogP contribution in [0.5, 0.6) is 0 Å². The third-order valence-electron chi connectivity index (χ3n) is 5.30. The molecule has 1 fully saturated rings. The van der Waals surface area contributed by atoms with Crippen molar-refractivity contribution in [2.24, 2.45) is 5.73 Å². The summed E-state index contributed by atoms with van der Waals surface area (Å²) in [6.45, 7) is 7.76. The van der Waals surface area contributed by atoms with Gasteiger partial charge >= 0.3 is 0 Å². The van der Waals surface area contributed by atoms with Crippen molar-refractivity contribution in [2.45, 2.75) is 38.1 Å². The second-order valence-corrected chi connectivity index (χ2v) is 6.25. The van der Waals surface area contributed by atoms with Gasteiger partial charge in [0.15, 0.2) is 0 Å². The molecular formula is C17H27N3. The molecule has 0 aliphatic carbocycles. The fourth-order valence-corrected chi connectivity index (χ4v) is 3.97. The number of nitrogens with two attached hydrogens (primary N) is 1. The summed E-state index contributed by atoms with van der Waals surface area (Å²) >= 11 is 0. The largest absolute Gasteiger partial charge is 0.364 e. The number of nitrogens with zero attached hydrogens (tertiary/aromatic N) is 2. The van der Waals surface area contributed by atoms with Crippen molar-refractivity contribution in [1.29, 1.82) is 0 Å². The van der Waals surface area contributed by atoms with Crippen molar-refractivity contribution in [2.75, 3.05) is 37.6 Å². The van der Waals surface area contributed by atoms with Crippen molar-refractivity contribution >= 4 is 5.69 Å². The summed E-state index contributed by atoms with van der Waals surface area (Å²) < 4.78 is 0. The fraction of sp³-hybridized carbons (Fsp3) is 0.647. The smallest absolute Gasteiger partial charge is 0.0537 e. The van der Waals surface area contributed by atoms with Crippen LogP contribution in [0.3, 0.4) is 0 Å². The van der Waals surface area contributed by atoms with E-state index in [0.29, 0.717) is 0 Å². The van der Waals surface area contributed by atoms with Crippen molar-refractivity contribution in [3.05, 3.63) is 29.8 Å². The third kappa shape index (κ3) is 2.33. The number of hydrogen-bond acceptors (Lipinski definition) is 3. The normalized spacial score (nSPS) is 27.4. The Bertz CT molecular complexity index is 459. The minimum atomic E-state index is 0.177. The number of hydrogen-bond donors (Lipinski definition) is 1. The standard InChI is InChI=1S/C17H27N3/c1-2-19-11-5-9-17(14-18,10-13-19)20-12-8-15-6-3-4-7-16(15)20/h3-4,6-7H,2,5,8-14,18H2,1H3. The molecule has 1 unspecified atom stereocenters.